The summed E-state index contributed by atoms with van der Waals surface area (Å²) in [7, 11) is -3.57. The standard InChI is InChI=1S/C20H23ClN2O4S/c1-16-7-9-17(10-8-16)28(25,26)23-12-4-11-22(13-14-23)20(24)15-27-19-6-3-2-5-18(19)21/h2-3,5-10H,4,11-15H2,1H3. The number of amides is 1. The first-order chi connectivity index (χ1) is 13.4. The van der Waals surface area contributed by atoms with Gasteiger partial charge in [-0.05, 0) is 37.6 Å². The topological polar surface area (TPSA) is 66.9 Å². The highest BCUT2D eigenvalue weighted by Crippen LogP contribution is 2.23. The zero-order valence-electron chi connectivity index (χ0n) is 15.7. The molecule has 1 amide bonds. The molecule has 0 saturated carbocycles. The van der Waals surface area contributed by atoms with E-state index in [0.29, 0.717) is 36.8 Å². The van der Waals surface area contributed by atoms with Gasteiger partial charge in [-0.25, -0.2) is 8.42 Å². The molecule has 0 spiro atoms. The number of rotatable bonds is 5. The van der Waals surface area contributed by atoms with Crippen molar-refractivity contribution in [1.82, 2.24) is 9.21 Å². The van der Waals surface area contributed by atoms with Crippen LogP contribution in [0.1, 0.15) is 12.0 Å². The number of sulfonamides is 1. The lowest BCUT2D eigenvalue weighted by Crippen LogP contribution is -2.39. The Morgan fingerprint density at radius 2 is 1.75 bits per heavy atom. The summed E-state index contributed by atoms with van der Waals surface area (Å²) in [5, 5.41) is 0.446. The van der Waals surface area contributed by atoms with Crippen molar-refractivity contribution >= 4 is 27.5 Å². The molecule has 0 atom stereocenters. The molecule has 1 aliphatic rings. The molecule has 28 heavy (non-hydrogen) atoms. The maximum absolute atomic E-state index is 12.9. The van der Waals surface area contributed by atoms with Gasteiger partial charge in [-0.15, -0.1) is 0 Å². The fourth-order valence-corrected chi connectivity index (χ4v) is 4.70. The highest BCUT2D eigenvalue weighted by molar-refractivity contribution is 7.89. The zero-order chi connectivity index (χ0) is 20.1. The van der Waals surface area contributed by atoms with E-state index in [4.69, 9.17) is 16.3 Å². The van der Waals surface area contributed by atoms with Crippen LogP contribution in [0.2, 0.25) is 5.02 Å². The van der Waals surface area contributed by atoms with Crippen LogP contribution in [0.3, 0.4) is 0 Å². The number of hydrogen-bond donors (Lipinski definition) is 0. The second-order valence-corrected chi connectivity index (χ2v) is 9.02. The van der Waals surface area contributed by atoms with Gasteiger partial charge in [-0.3, -0.25) is 4.79 Å². The minimum atomic E-state index is -3.57. The Hall–Kier alpha value is -2.09. The van der Waals surface area contributed by atoms with Crippen LogP contribution in [0.25, 0.3) is 0 Å². The molecule has 3 rings (SSSR count). The number of ether oxygens (including phenoxy) is 1. The van der Waals surface area contributed by atoms with Crippen LogP contribution in [-0.4, -0.2) is 56.3 Å². The minimum absolute atomic E-state index is 0.131. The predicted octanol–water partition coefficient (Wildman–Crippen LogP) is 2.95. The van der Waals surface area contributed by atoms with Gasteiger partial charge < -0.3 is 9.64 Å². The second-order valence-electron chi connectivity index (χ2n) is 6.67. The van der Waals surface area contributed by atoms with Crippen LogP contribution < -0.4 is 4.74 Å². The third-order valence-electron chi connectivity index (χ3n) is 4.65. The van der Waals surface area contributed by atoms with E-state index in [1.54, 1.807) is 53.4 Å². The Morgan fingerprint density at radius 3 is 2.46 bits per heavy atom. The van der Waals surface area contributed by atoms with Gasteiger partial charge in [-0.1, -0.05) is 41.4 Å². The third-order valence-corrected chi connectivity index (χ3v) is 6.88. The van der Waals surface area contributed by atoms with Gasteiger partial charge in [0.2, 0.25) is 10.0 Å². The lowest BCUT2D eigenvalue weighted by Gasteiger charge is -2.22. The molecule has 150 valence electrons. The van der Waals surface area contributed by atoms with Crippen LogP contribution in [0.5, 0.6) is 5.75 Å². The summed E-state index contributed by atoms with van der Waals surface area (Å²) in [6, 6.07) is 13.8. The van der Waals surface area contributed by atoms with E-state index < -0.39 is 10.0 Å². The van der Waals surface area contributed by atoms with E-state index in [1.165, 1.54) is 4.31 Å². The Bertz CT molecular complexity index is 931. The predicted molar refractivity (Wildman–Crippen MR) is 108 cm³/mol. The van der Waals surface area contributed by atoms with Gasteiger partial charge >= 0.3 is 0 Å². The van der Waals surface area contributed by atoms with Gasteiger partial charge in [-0.2, -0.15) is 4.31 Å². The van der Waals surface area contributed by atoms with E-state index in [0.717, 1.165) is 5.56 Å². The Kier molecular flexibility index (Phi) is 6.59. The van der Waals surface area contributed by atoms with Gasteiger partial charge in [0.1, 0.15) is 5.75 Å². The fraction of sp³-hybridized carbons (Fsp3) is 0.350. The van der Waals surface area contributed by atoms with Gasteiger partial charge in [0.15, 0.2) is 6.61 Å². The first kappa shape index (κ1) is 20.6. The molecule has 1 aliphatic heterocycles. The number of halogens is 1. The molecule has 1 heterocycles. The molecule has 1 fully saturated rings. The monoisotopic (exact) mass is 422 g/mol. The number of hydrogen-bond acceptors (Lipinski definition) is 4. The summed E-state index contributed by atoms with van der Waals surface area (Å²) in [6.45, 7) is 3.24. The number of carbonyl (C=O) groups excluding carboxylic acids is 1. The normalized spacial score (nSPS) is 15.9. The Morgan fingerprint density at radius 1 is 1.04 bits per heavy atom. The molecule has 2 aromatic rings. The summed E-state index contributed by atoms with van der Waals surface area (Å²) in [5.41, 5.74) is 1.00. The molecule has 8 heteroatoms. The molecule has 1 saturated heterocycles. The largest absolute Gasteiger partial charge is 0.482 e. The number of carbonyl (C=O) groups is 1. The summed E-state index contributed by atoms with van der Waals surface area (Å²) in [4.78, 5) is 14.4. The summed E-state index contributed by atoms with van der Waals surface area (Å²) in [6.07, 6.45) is 0.572. The number of nitrogens with zero attached hydrogens (tertiary/aromatic N) is 2. The van der Waals surface area contributed by atoms with Crippen LogP contribution in [-0.2, 0) is 14.8 Å². The van der Waals surface area contributed by atoms with Crippen molar-refractivity contribution in [3.05, 3.63) is 59.1 Å². The Labute approximate surface area is 170 Å². The van der Waals surface area contributed by atoms with E-state index in [1.807, 2.05) is 6.92 Å². The van der Waals surface area contributed by atoms with Crippen LogP contribution in [0.15, 0.2) is 53.4 Å². The summed E-state index contributed by atoms with van der Waals surface area (Å²) < 4.78 is 32.7. The first-order valence-corrected chi connectivity index (χ1v) is 10.9. The maximum atomic E-state index is 12.9. The first-order valence-electron chi connectivity index (χ1n) is 9.10. The van der Waals surface area contributed by atoms with Gasteiger partial charge in [0, 0.05) is 26.2 Å². The van der Waals surface area contributed by atoms with Crippen molar-refractivity contribution in [2.45, 2.75) is 18.2 Å². The van der Waals surface area contributed by atoms with Crippen molar-refractivity contribution in [2.75, 3.05) is 32.8 Å². The quantitative estimate of drug-likeness (QED) is 0.743. The fourth-order valence-electron chi connectivity index (χ4n) is 3.04. The van der Waals surface area contributed by atoms with Crippen molar-refractivity contribution in [3.63, 3.8) is 0 Å². The van der Waals surface area contributed by atoms with Crippen LogP contribution >= 0.6 is 11.6 Å². The average molecular weight is 423 g/mol. The maximum Gasteiger partial charge on any atom is 0.260 e. The molecule has 0 unspecified atom stereocenters. The smallest absolute Gasteiger partial charge is 0.260 e. The zero-order valence-corrected chi connectivity index (χ0v) is 17.2. The summed E-state index contributed by atoms with van der Waals surface area (Å²) in [5.74, 6) is 0.269. The van der Waals surface area contributed by atoms with Crippen molar-refractivity contribution in [1.29, 1.82) is 0 Å². The molecule has 2 aromatic carbocycles. The average Bonchev–Trinajstić information content (AvgIpc) is 2.94. The molecular formula is C20H23ClN2O4S. The van der Waals surface area contributed by atoms with Crippen LogP contribution in [0, 0.1) is 6.92 Å². The van der Waals surface area contributed by atoms with Crippen molar-refractivity contribution in [3.8, 4) is 5.75 Å². The molecule has 0 radical (unpaired) electrons. The Balaban J connectivity index is 1.60. The lowest BCUT2D eigenvalue weighted by atomic mass is 10.2. The van der Waals surface area contributed by atoms with Crippen molar-refractivity contribution in [2.24, 2.45) is 0 Å². The second kappa shape index (κ2) is 8.94. The van der Waals surface area contributed by atoms with Crippen molar-refractivity contribution < 1.29 is 17.9 Å². The third kappa shape index (κ3) is 4.84. The molecule has 0 N–H and O–H groups in total. The molecule has 0 aromatic heterocycles. The molecule has 0 bridgehead atoms. The van der Waals surface area contributed by atoms with E-state index >= 15 is 0 Å². The summed E-state index contributed by atoms with van der Waals surface area (Å²) >= 11 is 6.03. The number of benzene rings is 2. The van der Waals surface area contributed by atoms with E-state index in [9.17, 15) is 13.2 Å². The van der Waals surface area contributed by atoms with Gasteiger partial charge in [0.25, 0.3) is 5.91 Å². The number of aryl methyl sites for hydroxylation is 1. The lowest BCUT2D eigenvalue weighted by molar-refractivity contribution is -0.133. The highest BCUT2D eigenvalue weighted by atomic mass is 35.5. The van der Waals surface area contributed by atoms with E-state index in [-0.39, 0.29) is 24.0 Å². The SMILES string of the molecule is Cc1ccc(S(=O)(=O)N2CCCN(C(=O)COc3ccccc3Cl)CC2)cc1. The molecular weight excluding hydrogens is 400 g/mol. The van der Waals surface area contributed by atoms with Crippen LogP contribution in [0.4, 0.5) is 0 Å². The molecule has 0 aliphatic carbocycles. The highest BCUT2D eigenvalue weighted by Gasteiger charge is 2.28. The minimum Gasteiger partial charge on any atom is -0.482 e. The van der Waals surface area contributed by atoms with Gasteiger partial charge in [0.05, 0.1) is 9.92 Å². The number of para-hydroxylation sites is 1. The molecule has 6 nitrogen and oxygen atoms in total. The van der Waals surface area contributed by atoms with E-state index in [2.05, 4.69) is 0 Å².